The van der Waals surface area contributed by atoms with Gasteiger partial charge in [0.15, 0.2) is 23.2 Å². The molecule has 2 aromatic heterocycles. The van der Waals surface area contributed by atoms with E-state index in [1.165, 1.54) is 0 Å². The summed E-state index contributed by atoms with van der Waals surface area (Å²) in [5, 5.41) is 16.4. The first-order valence-electron chi connectivity index (χ1n) is 16.6. The zero-order chi connectivity index (χ0) is 36.1. The van der Waals surface area contributed by atoms with Gasteiger partial charge in [0.2, 0.25) is 0 Å². The Balaban J connectivity index is 0.000000270. The number of pyridine rings is 2. The van der Waals surface area contributed by atoms with Gasteiger partial charge in [-0.2, -0.15) is 10.2 Å². The summed E-state index contributed by atoms with van der Waals surface area (Å²) in [6, 6.07) is 24.5. The molecule has 12 N–H and O–H groups in total. The molecule has 2 aromatic carbocycles. The van der Waals surface area contributed by atoms with Crippen LogP contribution in [0.1, 0.15) is 49.9 Å². The molecule has 14 heteroatoms. The summed E-state index contributed by atoms with van der Waals surface area (Å²) in [6.45, 7) is 1.22. The second-order valence-electron chi connectivity index (χ2n) is 11.6. The molecule has 0 unspecified atom stereocenters. The minimum atomic E-state index is -0.494. The van der Waals surface area contributed by atoms with E-state index in [0.29, 0.717) is 48.7 Å². The number of hydrogen-bond donors (Lipinski definition) is 6. The van der Waals surface area contributed by atoms with Crippen LogP contribution in [0, 0.1) is 0 Å². The number of carbonyl (C=O) groups is 2. The van der Waals surface area contributed by atoms with Crippen molar-refractivity contribution in [3.8, 4) is 0 Å². The van der Waals surface area contributed by atoms with Gasteiger partial charge in [0, 0.05) is 0 Å². The normalized spacial score (nSPS) is 12.4. The molecule has 2 atom stereocenters. The zero-order valence-corrected chi connectivity index (χ0v) is 28.3. The molecule has 14 nitrogen and oxygen atoms in total. The van der Waals surface area contributed by atoms with Gasteiger partial charge in [-0.1, -0.05) is 49.2 Å². The van der Waals surface area contributed by atoms with Crippen LogP contribution in [-0.2, 0) is 22.4 Å². The van der Waals surface area contributed by atoms with Crippen LogP contribution in [0.15, 0.2) is 105 Å². The minimum absolute atomic E-state index is 0.0532. The van der Waals surface area contributed by atoms with Gasteiger partial charge in [0.05, 0.1) is 47.7 Å². The Labute approximate surface area is 292 Å². The summed E-state index contributed by atoms with van der Waals surface area (Å²) < 4.78 is 0. The number of azo groups is 2. The Hall–Kier alpha value is -5.28. The molecular formula is C36H48N12O2. The number of aromatic nitrogens is 2. The van der Waals surface area contributed by atoms with E-state index >= 15 is 0 Å². The number of Topliss-reactive ketones (excluding diaryl/α,β-unsaturated/α-hetero) is 2. The predicted octanol–water partition coefficient (Wildman–Crippen LogP) is 5.29. The summed E-state index contributed by atoms with van der Waals surface area (Å²) in [5.41, 5.74) is 38.1. The minimum Gasteiger partial charge on any atom is -0.382 e. The van der Waals surface area contributed by atoms with Gasteiger partial charge in [-0.05, 0) is 87.3 Å². The number of ketones is 2. The molecule has 2 heterocycles. The lowest BCUT2D eigenvalue weighted by atomic mass is 10.0. The Kier molecular flexibility index (Phi) is 16.9. The first-order chi connectivity index (χ1) is 24.2. The highest BCUT2D eigenvalue weighted by Gasteiger charge is 2.16. The van der Waals surface area contributed by atoms with E-state index in [2.05, 4.69) is 30.4 Å². The fourth-order valence-electron chi connectivity index (χ4n) is 4.56. The number of unbranched alkanes of at least 4 members (excludes halogenated alkanes) is 2. The molecule has 4 rings (SSSR count). The van der Waals surface area contributed by atoms with E-state index in [0.717, 1.165) is 37.1 Å². The van der Waals surface area contributed by atoms with Crippen molar-refractivity contribution in [1.29, 1.82) is 0 Å². The van der Waals surface area contributed by atoms with E-state index in [4.69, 9.17) is 34.4 Å². The van der Waals surface area contributed by atoms with E-state index in [9.17, 15) is 9.59 Å². The second kappa shape index (κ2) is 21.6. The third-order valence-electron chi connectivity index (χ3n) is 7.46. The van der Waals surface area contributed by atoms with Crippen LogP contribution in [0.2, 0.25) is 0 Å². The van der Waals surface area contributed by atoms with Crippen LogP contribution in [0.5, 0.6) is 0 Å². The maximum atomic E-state index is 12.1. The Morgan fingerprint density at radius 2 is 0.920 bits per heavy atom. The van der Waals surface area contributed by atoms with Gasteiger partial charge >= 0.3 is 0 Å². The number of hydrogen-bond acceptors (Lipinski definition) is 14. The van der Waals surface area contributed by atoms with Crippen molar-refractivity contribution in [3.63, 3.8) is 0 Å². The maximum Gasteiger partial charge on any atom is 0.155 e. The van der Waals surface area contributed by atoms with Crippen LogP contribution < -0.4 is 34.4 Å². The van der Waals surface area contributed by atoms with E-state index in [1.807, 2.05) is 60.7 Å². The summed E-state index contributed by atoms with van der Waals surface area (Å²) >= 11 is 0. The summed E-state index contributed by atoms with van der Waals surface area (Å²) in [7, 11) is 0. The Morgan fingerprint density at radius 3 is 1.26 bits per heavy atom. The molecular weight excluding hydrogens is 632 g/mol. The number of carbonyl (C=O) groups excluding carboxylic acids is 2. The molecule has 0 aliphatic rings. The lowest BCUT2D eigenvalue weighted by molar-refractivity contribution is -0.120. The van der Waals surface area contributed by atoms with Crippen molar-refractivity contribution in [2.45, 2.75) is 63.5 Å². The van der Waals surface area contributed by atoms with Gasteiger partial charge in [-0.3, -0.25) is 9.59 Å². The molecule has 0 fully saturated rings. The molecule has 0 spiro atoms. The lowest BCUT2D eigenvalue weighted by Crippen LogP contribution is -2.32. The van der Waals surface area contributed by atoms with Crippen LogP contribution in [-0.4, -0.2) is 46.7 Å². The molecule has 264 valence electrons. The average molecular weight is 681 g/mol. The van der Waals surface area contributed by atoms with Crippen molar-refractivity contribution in [2.24, 2.45) is 43.4 Å². The van der Waals surface area contributed by atoms with Crippen molar-refractivity contribution in [2.75, 3.05) is 24.6 Å². The summed E-state index contributed by atoms with van der Waals surface area (Å²) in [6.07, 6.45) is 5.01. The number of nitrogens with two attached hydrogens (primary N) is 6. The van der Waals surface area contributed by atoms with Gasteiger partial charge in [0.1, 0.15) is 11.4 Å². The molecule has 0 saturated heterocycles. The monoisotopic (exact) mass is 680 g/mol. The average Bonchev–Trinajstić information content (AvgIpc) is 3.12. The smallest absolute Gasteiger partial charge is 0.155 e. The third-order valence-corrected chi connectivity index (χ3v) is 7.46. The first-order valence-corrected chi connectivity index (χ1v) is 16.6. The zero-order valence-electron chi connectivity index (χ0n) is 28.3. The van der Waals surface area contributed by atoms with Crippen LogP contribution >= 0.6 is 0 Å². The lowest BCUT2D eigenvalue weighted by Gasteiger charge is -2.10. The SMILES string of the molecule is NCCCC[C@H](N)C(=O)Cc1ccc(N=Nc2ccccc2)c(N)n1.NCCCC[C@H](N)C(=O)Cc1ccc(N=Nc2ccccc2)c(N)n1. The second-order valence-corrected chi connectivity index (χ2v) is 11.6. The van der Waals surface area contributed by atoms with Crippen LogP contribution in [0.25, 0.3) is 0 Å². The number of nitrogen functional groups attached to an aromatic ring is 2. The van der Waals surface area contributed by atoms with Crippen molar-refractivity contribution in [3.05, 3.63) is 96.3 Å². The van der Waals surface area contributed by atoms with E-state index in [-0.39, 0.29) is 36.0 Å². The molecule has 0 aliphatic heterocycles. The predicted molar refractivity (Wildman–Crippen MR) is 198 cm³/mol. The fraction of sp³-hybridized carbons (Fsp3) is 0.333. The first kappa shape index (κ1) is 39.2. The number of benzene rings is 2. The Morgan fingerprint density at radius 1 is 0.540 bits per heavy atom. The quantitative estimate of drug-likeness (QED) is 0.0583. The summed E-state index contributed by atoms with van der Waals surface area (Å²) in [5.74, 6) is 0.369. The molecule has 0 saturated carbocycles. The highest BCUT2D eigenvalue weighted by atomic mass is 16.1. The largest absolute Gasteiger partial charge is 0.382 e. The third kappa shape index (κ3) is 14.1. The molecule has 4 aromatic rings. The number of nitrogens with zero attached hydrogens (tertiary/aromatic N) is 6. The van der Waals surface area contributed by atoms with Crippen molar-refractivity contribution >= 4 is 46.0 Å². The molecule has 0 amide bonds. The molecule has 0 bridgehead atoms. The van der Waals surface area contributed by atoms with Crippen LogP contribution in [0.3, 0.4) is 0 Å². The maximum absolute atomic E-state index is 12.1. The van der Waals surface area contributed by atoms with E-state index in [1.54, 1.807) is 24.3 Å². The number of anilines is 2. The summed E-state index contributed by atoms with van der Waals surface area (Å²) in [4.78, 5) is 32.7. The van der Waals surface area contributed by atoms with Gasteiger partial charge < -0.3 is 34.4 Å². The highest BCUT2D eigenvalue weighted by molar-refractivity contribution is 5.86. The van der Waals surface area contributed by atoms with Gasteiger partial charge in [-0.15, -0.1) is 10.2 Å². The van der Waals surface area contributed by atoms with Crippen molar-refractivity contribution < 1.29 is 9.59 Å². The number of rotatable bonds is 18. The topological polar surface area (TPSA) is 265 Å². The molecule has 0 aliphatic carbocycles. The van der Waals surface area contributed by atoms with E-state index < -0.39 is 12.1 Å². The standard InChI is InChI=1S/2C18H24N6O/c2*19-11-5-4-8-15(20)17(25)12-14-9-10-16(18(21)22-14)24-23-13-6-2-1-3-7-13/h2*1-3,6-7,9-10,15H,4-5,8,11-12,19-20H2,(H2,21,22)/t2*15-/m00/s1. The van der Waals surface area contributed by atoms with Gasteiger partial charge in [0.25, 0.3) is 0 Å². The Bertz CT molecular complexity index is 1560. The highest BCUT2D eigenvalue weighted by Crippen LogP contribution is 2.24. The van der Waals surface area contributed by atoms with Crippen LogP contribution in [0.4, 0.5) is 34.4 Å². The molecule has 0 radical (unpaired) electrons. The van der Waals surface area contributed by atoms with Gasteiger partial charge in [-0.25, -0.2) is 9.97 Å². The molecule has 50 heavy (non-hydrogen) atoms. The van der Waals surface area contributed by atoms with Crippen molar-refractivity contribution in [1.82, 2.24) is 9.97 Å². The fourth-order valence-corrected chi connectivity index (χ4v) is 4.56.